The van der Waals surface area contributed by atoms with E-state index >= 15 is 0 Å². The summed E-state index contributed by atoms with van der Waals surface area (Å²) in [6, 6.07) is 0. The highest BCUT2D eigenvalue weighted by Gasteiger charge is 2.26. The molecule has 4 heteroatoms. The second-order valence-corrected chi connectivity index (χ2v) is 5.27. The predicted octanol–water partition coefficient (Wildman–Crippen LogP) is 2.07. The number of hydrogen-bond acceptors (Lipinski definition) is 3. The van der Waals surface area contributed by atoms with Gasteiger partial charge in [0, 0.05) is 32.2 Å². The Morgan fingerprint density at radius 2 is 2.11 bits per heavy atom. The van der Waals surface area contributed by atoms with Gasteiger partial charge in [0.15, 0.2) is 0 Å². The van der Waals surface area contributed by atoms with E-state index in [0.717, 1.165) is 31.2 Å². The highest BCUT2D eigenvalue weighted by Crippen LogP contribution is 2.32. The van der Waals surface area contributed by atoms with Gasteiger partial charge in [-0.1, -0.05) is 6.92 Å². The number of aryl methyl sites for hydroxylation is 2. The highest BCUT2D eigenvalue weighted by molar-refractivity contribution is 5.50. The van der Waals surface area contributed by atoms with Crippen molar-refractivity contribution in [3.05, 3.63) is 11.3 Å². The number of aromatic nitrogens is 2. The molecule has 4 nitrogen and oxygen atoms in total. The molecule has 0 aromatic carbocycles. The summed E-state index contributed by atoms with van der Waals surface area (Å²) in [6.45, 7) is 10.7. The largest absolute Gasteiger partial charge is 0.357 e. The summed E-state index contributed by atoms with van der Waals surface area (Å²) in [5.74, 6) is 2.22. The van der Waals surface area contributed by atoms with Gasteiger partial charge in [-0.25, -0.2) is 0 Å². The van der Waals surface area contributed by atoms with Gasteiger partial charge < -0.3 is 10.2 Å². The second kappa shape index (κ2) is 5.74. The van der Waals surface area contributed by atoms with E-state index in [-0.39, 0.29) is 0 Å². The van der Waals surface area contributed by atoms with E-state index < -0.39 is 0 Å². The van der Waals surface area contributed by atoms with Gasteiger partial charge in [-0.3, -0.25) is 4.68 Å². The molecule has 0 bridgehead atoms. The van der Waals surface area contributed by atoms with Crippen LogP contribution in [0.5, 0.6) is 0 Å². The van der Waals surface area contributed by atoms with Gasteiger partial charge in [0.05, 0.1) is 5.69 Å². The Bertz CT molecular complexity index is 393. The zero-order valence-corrected chi connectivity index (χ0v) is 12.2. The van der Waals surface area contributed by atoms with Gasteiger partial charge >= 0.3 is 0 Å². The number of nitrogens with one attached hydrogen (secondary N) is 1. The van der Waals surface area contributed by atoms with E-state index in [1.807, 2.05) is 4.68 Å². The molecule has 1 fully saturated rings. The lowest BCUT2D eigenvalue weighted by Crippen LogP contribution is -2.29. The molecule has 0 radical (unpaired) electrons. The molecule has 0 saturated heterocycles. The normalized spacial score (nSPS) is 15.1. The van der Waals surface area contributed by atoms with Crippen molar-refractivity contribution in [3.8, 4) is 0 Å². The SMILES string of the molecule is CCNCc1c(C)nn(C)c1N(CC)CC1CC1. The summed E-state index contributed by atoms with van der Waals surface area (Å²) in [6.07, 6.45) is 2.80. The maximum atomic E-state index is 4.60. The van der Waals surface area contributed by atoms with Crippen molar-refractivity contribution >= 4 is 5.82 Å². The molecular weight excluding hydrogens is 224 g/mol. The van der Waals surface area contributed by atoms with Crippen LogP contribution in [-0.2, 0) is 13.6 Å². The topological polar surface area (TPSA) is 33.1 Å². The van der Waals surface area contributed by atoms with Crippen molar-refractivity contribution < 1.29 is 0 Å². The average Bonchev–Trinajstić information content (AvgIpc) is 3.11. The zero-order valence-electron chi connectivity index (χ0n) is 12.2. The van der Waals surface area contributed by atoms with Crippen LogP contribution in [0.3, 0.4) is 0 Å². The fraction of sp³-hybridized carbons (Fsp3) is 0.786. The summed E-state index contributed by atoms with van der Waals surface area (Å²) in [5, 5.41) is 8.02. The van der Waals surface area contributed by atoms with Crippen LogP contribution in [0.4, 0.5) is 5.82 Å². The molecule has 102 valence electrons. The Kier molecular flexibility index (Phi) is 4.27. The van der Waals surface area contributed by atoms with Crippen LogP contribution < -0.4 is 10.2 Å². The number of nitrogens with zero attached hydrogens (tertiary/aromatic N) is 3. The first-order valence-corrected chi connectivity index (χ1v) is 7.15. The summed E-state index contributed by atoms with van der Waals surface area (Å²) >= 11 is 0. The smallest absolute Gasteiger partial charge is 0.131 e. The molecule has 0 unspecified atom stereocenters. The third kappa shape index (κ3) is 2.86. The second-order valence-electron chi connectivity index (χ2n) is 5.27. The molecule has 1 aliphatic rings. The molecular formula is C14H26N4. The van der Waals surface area contributed by atoms with Crippen LogP contribution in [0.1, 0.15) is 37.9 Å². The molecule has 0 spiro atoms. The van der Waals surface area contributed by atoms with Gasteiger partial charge in [-0.2, -0.15) is 5.10 Å². The third-order valence-corrected chi connectivity index (χ3v) is 3.72. The quantitative estimate of drug-likeness (QED) is 0.804. The van der Waals surface area contributed by atoms with Crippen molar-refractivity contribution in [1.82, 2.24) is 15.1 Å². The Morgan fingerprint density at radius 1 is 1.39 bits per heavy atom. The Labute approximate surface area is 110 Å². The third-order valence-electron chi connectivity index (χ3n) is 3.72. The van der Waals surface area contributed by atoms with Crippen molar-refractivity contribution in [2.24, 2.45) is 13.0 Å². The average molecular weight is 250 g/mol. The standard InChI is InChI=1S/C14H26N4/c1-5-15-9-13-11(3)16-17(4)14(13)18(6-2)10-12-7-8-12/h12,15H,5-10H2,1-4H3. The molecule has 1 heterocycles. The van der Waals surface area contributed by atoms with Crippen molar-refractivity contribution in [2.45, 2.75) is 40.2 Å². The maximum absolute atomic E-state index is 4.60. The van der Waals surface area contributed by atoms with Crippen LogP contribution >= 0.6 is 0 Å². The lowest BCUT2D eigenvalue weighted by molar-refractivity contribution is 0.669. The molecule has 0 atom stereocenters. The molecule has 1 saturated carbocycles. The monoisotopic (exact) mass is 250 g/mol. The Morgan fingerprint density at radius 3 is 2.67 bits per heavy atom. The zero-order chi connectivity index (χ0) is 13.1. The maximum Gasteiger partial charge on any atom is 0.131 e. The van der Waals surface area contributed by atoms with E-state index in [1.54, 1.807) is 0 Å². The first-order chi connectivity index (χ1) is 8.67. The van der Waals surface area contributed by atoms with E-state index in [1.165, 1.54) is 30.8 Å². The molecule has 0 amide bonds. The van der Waals surface area contributed by atoms with Crippen molar-refractivity contribution in [2.75, 3.05) is 24.5 Å². The van der Waals surface area contributed by atoms with Gasteiger partial charge in [0.2, 0.25) is 0 Å². The van der Waals surface area contributed by atoms with Gasteiger partial charge in [0.25, 0.3) is 0 Å². The molecule has 2 rings (SSSR count). The molecule has 0 aliphatic heterocycles. The van der Waals surface area contributed by atoms with Crippen LogP contribution in [0.2, 0.25) is 0 Å². The lowest BCUT2D eigenvalue weighted by atomic mass is 10.2. The summed E-state index contributed by atoms with van der Waals surface area (Å²) in [7, 11) is 2.06. The minimum Gasteiger partial charge on any atom is -0.357 e. The summed E-state index contributed by atoms with van der Waals surface area (Å²) in [4.78, 5) is 2.49. The number of rotatable bonds is 7. The van der Waals surface area contributed by atoms with E-state index in [9.17, 15) is 0 Å². The number of hydrogen-bond donors (Lipinski definition) is 1. The highest BCUT2D eigenvalue weighted by atomic mass is 15.4. The fourth-order valence-corrected chi connectivity index (χ4v) is 2.52. The Balaban J connectivity index is 2.21. The van der Waals surface area contributed by atoms with E-state index in [0.29, 0.717) is 0 Å². The van der Waals surface area contributed by atoms with Gasteiger partial charge in [-0.15, -0.1) is 0 Å². The van der Waals surface area contributed by atoms with Crippen LogP contribution in [0.25, 0.3) is 0 Å². The summed E-state index contributed by atoms with van der Waals surface area (Å²) < 4.78 is 2.05. The predicted molar refractivity (Wildman–Crippen MR) is 75.9 cm³/mol. The van der Waals surface area contributed by atoms with Gasteiger partial charge in [0.1, 0.15) is 5.82 Å². The lowest BCUT2D eigenvalue weighted by Gasteiger charge is -2.24. The molecule has 1 aliphatic carbocycles. The van der Waals surface area contributed by atoms with E-state index in [4.69, 9.17) is 0 Å². The minimum absolute atomic E-state index is 0.909. The minimum atomic E-state index is 0.909. The summed E-state index contributed by atoms with van der Waals surface area (Å²) in [5.41, 5.74) is 2.52. The fourth-order valence-electron chi connectivity index (χ4n) is 2.52. The van der Waals surface area contributed by atoms with E-state index in [2.05, 4.69) is 43.1 Å². The first kappa shape index (κ1) is 13.4. The van der Waals surface area contributed by atoms with Crippen molar-refractivity contribution in [3.63, 3.8) is 0 Å². The van der Waals surface area contributed by atoms with Crippen LogP contribution in [-0.4, -0.2) is 29.4 Å². The molecule has 18 heavy (non-hydrogen) atoms. The molecule has 1 aromatic heterocycles. The van der Waals surface area contributed by atoms with Crippen LogP contribution in [0, 0.1) is 12.8 Å². The first-order valence-electron chi connectivity index (χ1n) is 7.15. The Hall–Kier alpha value is -1.03. The van der Waals surface area contributed by atoms with Crippen molar-refractivity contribution in [1.29, 1.82) is 0 Å². The molecule has 1 N–H and O–H groups in total. The molecule has 1 aromatic rings. The van der Waals surface area contributed by atoms with Crippen LogP contribution in [0.15, 0.2) is 0 Å². The van der Waals surface area contributed by atoms with Gasteiger partial charge in [-0.05, 0) is 39.2 Å². The number of anilines is 1.